The second-order valence-electron chi connectivity index (χ2n) is 5.15. The van der Waals surface area contributed by atoms with E-state index in [1.54, 1.807) is 0 Å². The van der Waals surface area contributed by atoms with Crippen LogP contribution < -0.4 is 5.73 Å². The molecule has 2 atom stereocenters. The van der Waals surface area contributed by atoms with Crippen molar-refractivity contribution < 1.29 is 4.74 Å². The molecule has 0 heterocycles. The summed E-state index contributed by atoms with van der Waals surface area (Å²) in [6.45, 7) is 2.21. The van der Waals surface area contributed by atoms with E-state index in [0.29, 0.717) is 18.4 Å². The van der Waals surface area contributed by atoms with Crippen LogP contribution in [0, 0.1) is 11.8 Å². The summed E-state index contributed by atoms with van der Waals surface area (Å²) in [6, 6.07) is 7.86. The van der Waals surface area contributed by atoms with Crippen LogP contribution in [0.25, 0.3) is 0 Å². The first-order chi connectivity index (χ1) is 8.81. The molecule has 2 rings (SSSR count). The third kappa shape index (κ3) is 3.71. The van der Waals surface area contributed by atoms with Crippen LogP contribution in [-0.2, 0) is 11.3 Å². The van der Waals surface area contributed by atoms with Crippen LogP contribution in [0.1, 0.15) is 31.2 Å². The molecule has 2 N–H and O–H groups in total. The minimum absolute atomic E-state index is 0.605. The van der Waals surface area contributed by atoms with Crippen LogP contribution >= 0.6 is 11.6 Å². The smallest absolute Gasteiger partial charge is 0.0731 e. The number of rotatable bonds is 5. The Kier molecular flexibility index (Phi) is 5.48. The Bertz CT molecular complexity index is 369. The fraction of sp³-hybridized carbons (Fsp3) is 0.600. The van der Waals surface area contributed by atoms with Crippen LogP contribution in [0.4, 0.5) is 0 Å². The van der Waals surface area contributed by atoms with Gasteiger partial charge in [-0.05, 0) is 42.9 Å². The lowest BCUT2D eigenvalue weighted by Crippen LogP contribution is -2.29. The molecule has 1 aromatic carbocycles. The van der Waals surface area contributed by atoms with E-state index in [4.69, 9.17) is 22.1 Å². The highest BCUT2D eigenvalue weighted by Gasteiger charge is 2.23. The molecule has 18 heavy (non-hydrogen) atoms. The van der Waals surface area contributed by atoms with Crippen molar-refractivity contribution >= 4 is 11.6 Å². The van der Waals surface area contributed by atoms with Gasteiger partial charge in [0.25, 0.3) is 0 Å². The van der Waals surface area contributed by atoms with Gasteiger partial charge in [-0.2, -0.15) is 0 Å². The zero-order valence-corrected chi connectivity index (χ0v) is 11.5. The standard InChI is InChI=1S/C15H22ClNO/c16-15-8-4-3-7-14(15)11-18-10-13-6-2-1-5-12(13)9-17/h3-4,7-8,12-13H,1-2,5-6,9-11,17H2. The van der Waals surface area contributed by atoms with Gasteiger partial charge in [-0.25, -0.2) is 0 Å². The highest BCUT2D eigenvalue weighted by atomic mass is 35.5. The molecule has 0 bridgehead atoms. The van der Waals surface area contributed by atoms with Crippen LogP contribution in [0.2, 0.25) is 5.02 Å². The molecule has 0 amide bonds. The highest BCUT2D eigenvalue weighted by Crippen LogP contribution is 2.29. The van der Waals surface area contributed by atoms with Crippen LogP contribution in [0.5, 0.6) is 0 Å². The number of ether oxygens (including phenoxy) is 1. The number of nitrogens with two attached hydrogens (primary N) is 1. The lowest BCUT2D eigenvalue weighted by molar-refractivity contribution is 0.0513. The summed E-state index contributed by atoms with van der Waals surface area (Å²) in [5, 5.41) is 0.788. The molecule has 1 aliphatic rings. The van der Waals surface area contributed by atoms with E-state index in [-0.39, 0.29) is 0 Å². The van der Waals surface area contributed by atoms with Crippen molar-refractivity contribution in [3.63, 3.8) is 0 Å². The summed E-state index contributed by atoms with van der Waals surface area (Å²) in [4.78, 5) is 0. The molecule has 100 valence electrons. The lowest BCUT2D eigenvalue weighted by atomic mass is 9.80. The van der Waals surface area contributed by atoms with Crippen molar-refractivity contribution in [1.29, 1.82) is 0 Å². The second kappa shape index (κ2) is 7.13. The minimum Gasteiger partial charge on any atom is -0.376 e. The number of benzene rings is 1. The van der Waals surface area contributed by atoms with E-state index in [1.807, 2.05) is 24.3 Å². The van der Waals surface area contributed by atoms with Crippen molar-refractivity contribution in [2.24, 2.45) is 17.6 Å². The molecule has 0 aromatic heterocycles. The quantitative estimate of drug-likeness (QED) is 0.884. The van der Waals surface area contributed by atoms with E-state index in [9.17, 15) is 0 Å². The third-order valence-corrected chi connectivity index (χ3v) is 4.29. The molecule has 0 saturated heterocycles. The lowest BCUT2D eigenvalue weighted by Gasteiger charge is -2.30. The maximum atomic E-state index is 6.10. The summed E-state index contributed by atoms with van der Waals surface area (Å²) in [5.74, 6) is 1.27. The van der Waals surface area contributed by atoms with Gasteiger partial charge < -0.3 is 10.5 Å². The van der Waals surface area contributed by atoms with Gasteiger partial charge in [-0.3, -0.25) is 0 Å². The normalized spacial score (nSPS) is 24.1. The van der Waals surface area contributed by atoms with Crippen molar-refractivity contribution in [2.75, 3.05) is 13.2 Å². The molecule has 2 nitrogen and oxygen atoms in total. The first-order valence-electron chi connectivity index (χ1n) is 6.82. The van der Waals surface area contributed by atoms with Crippen molar-refractivity contribution in [2.45, 2.75) is 32.3 Å². The van der Waals surface area contributed by atoms with Gasteiger partial charge in [-0.1, -0.05) is 42.6 Å². The van der Waals surface area contributed by atoms with E-state index >= 15 is 0 Å². The maximum absolute atomic E-state index is 6.10. The van der Waals surface area contributed by atoms with Crippen molar-refractivity contribution in [3.8, 4) is 0 Å². The fourth-order valence-electron chi connectivity index (χ4n) is 2.75. The Morgan fingerprint density at radius 3 is 2.61 bits per heavy atom. The number of hydrogen-bond donors (Lipinski definition) is 1. The Hall–Kier alpha value is -0.570. The van der Waals surface area contributed by atoms with Gasteiger partial charge in [0.15, 0.2) is 0 Å². The van der Waals surface area contributed by atoms with E-state index < -0.39 is 0 Å². The molecule has 0 aliphatic heterocycles. The molecule has 1 fully saturated rings. The second-order valence-corrected chi connectivity index (χ2v) is 5.55. The third-order valence-electron chi connectivity index (χ3n) is 3.92. The average Bonchev–Trinajstić information content (AvgIpc) is 2.41. The van der Waals surface area contributed by atoms with Crippen LogP contribution in [0.15, 0.2) is 24.3 Å². The Labute approximate surface area is 114 Å². The van der Waals surface area contributed by atoms with E-state index in [0.717, 1.165) is 23.7 Å². The zero-order chi connectivity index (χ0) is 12.8. The number of halogens is 1. The molecule has 1 saturated carbocycles. The minimum atomic E-state index is 0.605. The zero-order valence-electron chi connectivity index (χ0n) is 10.8. The highest BCUT2D eigenvalue weighted by molar-refractivity contribution is 6.31. The van der Waals surface area contributed by atoms with Gasteiger partial charge in [0.05, 0.1) is 13.2 Å². The van der Waals surface area contributed by atoms with Crippen LogP contribution in [-0.4, -0.2) is 13.2 Å². The summed E-state index contributed by atoms with van der Waals surface area (Å²) in [7, 11) is 0. The van der Waals surface area contributed by atoms with Gasteiger partial charge in [0.1, 0.15) is 0 Å². The van der Waals surface area contributed by atoms with Crippen molar-refractivity contribution in [1.82, 2.24) is 0 Å². The Morgan fingerprint density at radius 2 is 1.89 bits per heavy atom. The summed E-state index contributed by atoms with van der Waals surface area (Å²) < 4.78 is 5.83. The van der Waals surface area contributed by atoms with Gasteiger partial charge in [0, 0.05) is 5.02 Å². The monoisotopic (exact) mass is 267 g/mol. The largest absolute Gasteiger partial charge is 0.376 e. The fourth-order valence-corrected chi connectivity index (χ4v) is 2.94. The average molecular weight is 268 g/mol. The summed E-state index contributed by atoms with van der Waals surface area (Å²) in [6.07, 6.45) is 5.15. The summed E-state index contributed by atoms with van der Waals surface area (Å²) in [5.41, 5.74) is 6.89. The Morgan fingerprint density at radius 1 is 1.17 bits per heavy atom. The molecule has 1 aliphatic carbocycles. The SMILES string of the molecule is NCC1CCCCC1COCc1ccccc1Cl. The Balaban J connectivity index is 1.79. The molecular formula is C15H22ClNO. The van der Waals surface area contributed by atoms with Crippen LogP contribution in [0.3, 0.4) is 0 Å². The molecular weight excluding hydrogens is 246 g/mol. The maximum Gasteiger partial charge on any atom is 0.0731 e. The first kappa shape index (κ1) is 13.9. The summed E-state index contributed by atoms with van der Waals surface area (Å²) >= 11 is 6.10. The first-order valence-corrected chi connectivity index (χ1v) is 7.20. The van der Waals surface area contributed by atoms with E-state index in [2.05, 4.69) is 0 Å². The van der Waals surface area contributed by atoms with Gasteiger partial charge in [-0.15, -0.1) is 0 Å². The predicted molar refractivity (Wildman–Crippen MR) is 75.6 cm³/mol. The molecule has 3 heteroatoms. The molecule has 1 aromatic rings. The van der Waals surface area contributed by atoms with Crippen molar-refractivity contribution in [3.05, 3.63) is 34.9 Å². The van der Waals surface area contributed by atoms with E-state index in [1.165, 1.54) is 25.7 Å². The molecule has 0 spiro atoms. The molecule has 2 unspecified atom stereocenters. The predicted octanol–water partition coefficient (Wildman–Crippen LogP) is 3.62. The number of hydrogen-bond acceptors (Lipinski definition) is 2. The molecule has 0 radical (unpaired) electrons. The topological polar surface area (TPSA) is 35.2 Å². The van der Waals surface area contributed by atoms with Gasteiger partial charge in [0.2, 0.25) is 0 Å². The van der Waals surface area contributed by atoms with Gasteiger partial charge >= 0.3 is 0 Å².